The van der Waals surface area contributed by atoms with Gasteiger partial charge in [0.25, 0.3) is 5.91 Å². The molecule has 0 aromatic carbocycles. The number of carbonyl (C=O) groups is 2. The standard InChI is InChI=1S/C14H18ClN3O3S/c1-3-6-16-13(19)8(2)17-14(20)10-7-9(18-21-10)11-4-5-12(15)22-11/h4-5,8,10H,3,6-7H2,1-2H3,(H,16,19)(H,17,20)/t8-,10+/m1/s1. The summed E-state index contributed by atoms with van der Waals surface area (Å²) in [4.78, 5) is 29.9. The van der Waals surface area contributed by atoms with Gasteiger partial charge in [0.15, 0.2) is 0 Å². The molecule has 2 atom stereocenters. The van der Waals surface area contributed by atoms with Gasteiger partial charge in [-0.1, -0.05) is 23.7 Å². The van der Waals surface area contributed by atoms with E-state index < -0.39 is 12.1 Å². The van der Waals surface area contributed by atoms with Crippen LogP contribution in [0.2, 0.25) is 4.34 Å². The lowest BCUT2D eigenvalue weighted by atomic mass is 10.1. The van der Waals surface area contributed by atoms with Crippen molar-refractivity contribution in [1.29, 1.82) is 0 Å². The summed E-state index contributed by atoms with van der Waals surface area (Å²) in [5, 5.41) is 9.30. The molecule has 2 rings (SSSR count). The summed E-state index contributed by atoms with van der Waals surface area (Å²) in [6.45, 7) is 4.19. The van der Waals surface area contributed by atoms with Crippen LogP contribution in [-0.4, -0.2) is 36.2 Å². The molecule has 0 radical (unpaired) electrons. The Kier molecular flexibility index (Phi) is 5.79. The molecule has 1 aliphatic rings. The van der Waals surface area contributed by atoms with E-state index in [0.717, 1.165) is 11.3 Å². The van der Waals surface area contributed by atoms with Crippen molar-refractivity contribution in [3.63, 3.8) is 0 Å². The minimum Gasteiger partial charge on any atom is -0.382 e. The minimum absolute atomic E-state index is 0.209. The van der Waals surface area contributed by atoms with E-state index in [0.29, 0.717) is 23.0 Å². The van der Waals surface area contributed by atoms with Crippen molar-refractivity contribution in [3.8, 4) is 0 Å². The van der Waals surface area contributed by atoms with Crippen LogP contribution in [0.3, 0.4) is 0 Å². The van der Waals surface area contributed by atoms with Crippen molar-refractivity contribution in [2.45, 2.75) is 38.8 Å². The maximum absolute atomic E-state index is 12.1. The molecule has 0 spiro atoms. The van der Waals surface area contributed by atoms with Gasteiger partial charge >= 0.3 is 0 Å². The quantitative estimate of drug-likeness (QED) is 0.828. The second-order valence-electron chi connectivity index (χ2n) is 4.96. The number of hydrogen-bond acceptors (Lipinski definition) is 5. The zero-order chi connectivity index (χ0) is 16.1. The fourth-order valence-corrected chi connectivity index (χ4v) is 2.94. The zero-order valence-corrected chi connectivity index (χ0v) is 14.0. The Balaban J connectivity index is 1.84. The first kappa shape index (κ1) is 16.8. The van der Waals surface area contributed by atoms with Crippen molar-refractivity contribution in [3.05, 3.63) is 21.3 Å². The number of halogens is 1. The monoisotopic (exact) mass is 343 g/mol. The highest BCUT2D eigenvalue weighted by Gasteiger charge is 2.31. The van der Waals surface area contributed by atoms with Crippen molar-refractivity contribution in [2.75, 3.05) is 6.54 Å². The minimum atomic E-state index is -0.711. The van der Waals surface area contributed by atoms with Gasteiger partial charge in [-0.2, -0.15) is 0 Å². The Hall–Kier alpha value is -1.60. The van der Waals surface area contributed by atoms with E-state index in [9.17, 15) is 9.59 Å². The molecular formula is C14H18ClN3O3S. The molecule has 6 nitrogen and oxygen atoms in total. The maximum Gasteiger partial charge on any atom is 0.264 e. The summed E-state index contributed by atoms with van der Waals surface area (Å²) in [6, 6.07) is 3.01. The summed E-state index contributed by atoms with van der Waals surface area (Å²) in [5.74, 6) is -0.556. The van der Waals surface area contributed by atoms with Crippen molar-refractivity contribution >= 4 is 40.5 Å². The number of hydrogen-bond donors (Lipinski definition) is 2. The van der Waals surface area contributed by atoms with Gasteiger partial charge in [-0.3, -0.25) is 9.59 Å². The van der Waals surface area contributed by atoms with Crippen molar-refractivity contribution in [2.24, 2.45) is 5.16 Å². The third-order valence-corrected chi connectivity index (χ3v) is 4.40. The number of nitrogens with one attached hydrogen (secondary N) is 2. The molecular weight excluding hydrogens is 326 g/mol. The smallest absolute Gasteiger partial charge is 0.264 e. The largest absolute Gasteiger partial charge is 0.382 e. The Morgan fingerprint density at radius 2 is 2.32 bits per heavy atom. The maximum atomic E-state index is 12.1. The molecule has 120 valence electrons. The first-order chi connectivity index (χ1) is 10.5. The highest BCUT2D eigenvalue weighted by Crippen LogP contribution is 2.26. The second kappa shape index (κ2) is 7.60. The van der Waals surface area contributed by atoms with Crippen molar-refractivity contribution in [1.82, 2.24) is 10.6 Å². The molecule has 1 aromatic heterocycles. The van der Waals surface area contributed by atoms with Gasteiger partial charge in [0, 0.05) is 13.0 Å². The number of rotatable bonds is 6. The zero-order valence-electron chi connectivity index (χ0n) is 12.4. The van der Waals surface area contributed by atoms with Crippen LogP contribution in [0.1, 0.15) is 31.6 Å². The van der Waals surface area contributed by atoms with Gasteiger partial charge in [0.05, 0.1) is 9.21 Å². The molecule has 8 heteroatoms. The number of oxime groups is 1. The Morgan fingerprint density at radius 3 is 2.95 bits per heavy atom. The lowest BCUT2D eigenvalue weighted by Gasteiger charge is -2.15. The van der Waals surface area contributed by atoms with Crippen LogP contribution in [0.15, 0.2) is 17.3 Å². The number of thiophene rings is 1. The van der Waals surface area contributed by atoms with Crippen LogP contribution >= 0.6 is 22.9 Å². The topological polar surface area (TPSA) is 79.8 Å². The fourth-order valence-electron chi connectivity index (χ4n) is 1.91. The Labute approximate surface area is 137 Å². The molecule has 0 unspecified atom stereocenters. The average molecular weight is 344 g/mol. The predicted molar refractivity (Wildman–Crippen MR) is 86.3 cm³/mol. The van der Waals surface area contributed by atoms with Crippen LogP contribution < -0.4 is 10.6 Å². The second-order valence-corrected chi connectivity index (χ2v) is 6.68. The average Bonchev–Trinajstić information content (AvgIpc) is 3.13. The summed E-state index contributed by atoms with van der Waals surface area (Å²) in [5.41, 5.74) is 0.695. The predicted octanol–water partition coefficient (Wildman–Crippen LogP) is 1.93. The van der Waals surface area contributed by atoms with Gasteiger partial charge in [0.2, 0.25) is 12.0 Å². The van der Waals surface area contributed by atoms with Gasteiger partial charge in [-0.25, -0.2) is 0 Å². The van der Waals surface area contributed by atoms with Crippen molar-refractivity contribution < 1.29 is 14.4 Å². The highest BCUT2D eigenvalue weighted by molar-refractivity contribution is 7.18. The van der Waals surface area contributed by atoms with Gasteiger partial charge in [-0.05, 0) is 25.5 Å². The third kappa shape index (κ3) is 4.20. The first-order valence-corrected chi connectivity index (χ1v) is 8.27. The molecule has 2 amide bonds. The third-order valence-electron chi connectivity index (χ3n) is 3.12. The van der Waals surface area contributed by atoms with E-state index in [1.54, 1.807) is 13.0 Å². The molecule has 0 fully saturated rings. The molecule has 1 aliphatic heterocycles. The normalized spacial score (nSPS) is 18.3. The van der Waals surface area contributed by atoms with Crippen LogP contribution in [0, 0.1) is 0 Å². The van der Waals surface area contributed by atoms with Gasteiger partial charge in [-0.15, -0.1) is 11.3 Å². The summed E-state index contributed by atoms with van der Waals surface area (Å²) in [6.07, 6.45) is 0.502. The molecule has 0 bridgehead atoms. The summed E-state index contributed by atoms with van der Waals surface area (Å²) < 4.78 is 0.659. The Morgan fingerprint density at radius 1 is 1.55 bits per heavy atom. The van der Waals surface area contributed by atoms with E-state index in [1.807, 2.05) is 13.0 Å². The SMILES string of the molecule is CCCNC(=O)[C@@H](C)NC(=O)[C@@H]1CC(c2ccc(Cl)s2)=NO1. The van der Waals surface area contributed by atoms with Crippen LogP contribution in [-0.2, 0) is 14.4 Å². The Bertz CT molecular complexity index is 588. The highest BCUT2D eigenvalue weighted by atomic mass is 35.5. The van der Waals surface area contributed by atoms with E-state index >= 15 is 0 Å². The molecule has 0 saturated carbocycles. The molecule has 2 heterocycles. The summed E-state index contributed by atoms with van der Waals surface area (Å²) >= 11 is 7.27. The molecule has 22 heavy (non-hydrogen) atoms. The molecule has 1 aromatic rings. The number of amides is 2. The van der Waals surface area contributed by atoms with Crippen LogP contribution in [0.25, 0.3) is 0 Å². The lowest BCUT2D eigenvalue weighted by molar-refractivity contribution is -0.135. The number of carbonyl (C=O) groups excluding carboxylic acids is 2. The molecule has 0 saturated heterocycles. The van der Waals surface area contributed by atoms with Crippen LogP contribution in [0.5, 0.6) is 0 Å². The van der Waals surface area contributed by atoms with Gasteiger partial charge in [0.1, 0.15) is 11.8 Å². The fraction of sp³-hybridized carbons (Fsp3) is 0.500. The lowest BCUT2D eigenvalue weighted by Crippen LogP contribution is -2.48. The van der Waals surface area contributed by atoms with Crippen LogP contribution in [0.4, 0.5) is 0 Å². The molecule has 0 aliphatic carbocycles. The molecule has 2 N–H and O–H groups in total. The van der Waals surface area contributed by atoms with E-state index in [1.165, 1.54) is 11.3 Å². The van der Waals surface area contributed by atoms with E-state index in [-0.39, 0.29) is 11.8 Å². The van der Waals surface area contributed by atoms with E-state index in [2.05, 4.69) is 15.8 Å². The number of nitrogens with zero attached hydrogens (tertiary/aromatic N) is 1. The summed E-state index contributed by atoms with van der Waals surface area (Å²) in [7, 11) is 0. The van der Waals surface area contributed by atoms with Gasteiger partial charge < -0.3 is 15.5 Å². The van der Waals surface area contributed by atoms with E-state index in [4.69, 9.17) is 16.4 Å². The first-order valence-electron chi connectivity index (χ1n) is 7.07.